The Hall–Kier alpha value is -2.54. The summed E-state index contributed by atoms with van der Waals surface area (Å²) in [7, 11) is 0. The molecule has 0 unspecified atom stereocenters. The lowest BCUT2D eigenvalue weighted by Gasteiger charge is -2.11. The third kappa shape index (κ3) is 3.99. The van der Waals surface area contributed by atoms with Crippen LogP contribution in [-0.2, 0) is 11.3 Å². The highest BCUT2D eigenvalue weighted by Crippen LogP contribution is 2.22. The molecule has 1 aromatic heterocycles. The van der Waals surface area contributed by atoms with Crippen LogP contribution in [0, 0.1) is 0 Å². The van der Waals surface area contributed by atoms with Gasteiger partial charge in [0.1, 0.15) is 5.75 Å². The normalized spacial score (nSPS) is 14.3. The van der Waals surface area contributed by atoms with Crippen molar-refractivity contribution in [1.82, 2.24) is 15.1 Å². The molecule has 6 nitrogen and oxygen atoms in total. The first-order chi connectivity index (χ1) is 12.8. The number of carbonyl (C=O) groups is 1. The zero-order valence-corrected chi connectivity index (χ0v) is 15.1. The fraction of sp³-hybridized carbons (Fsp3) is 0.316. The predicted molar refractivity (Wildman–Crippen MR) is 99.1 cm³/mol. The molecule has 0 bridgehead atoms. The van der Waals surface area contributed by atoms with Gasteiger partial charge in [0.15, 0.2) is 0 Å². The van der Waals surface area contributed by atoms with Crippen LogP contribution < -0.4 is 4.74 Å². The van der Waals surface area contributed by atoms with E-state index in [0.29, 0.717) is 36.4 Å². The molecule has 2 heterocycles. The molecule has 2 aromatic carbocycles. The largest absolute Gasteiger partial charge is 0.493 e. The van der Waals surface area contributed by atoms with Gasteiger partial charge in [-0.15, -0.1) is 10.2 Å². The number of rotatable bonds is 7. The molecule has 3 aromatic rings. The maximum atomic E-state index is 11.6. The molecule has 0 radical (unpaired) electrons. The lowest BCUT2D eigenvalue weighted by Crippen LogP contribution is -2.23. The van der Waals surface area contributed by atoms with E-state index in [4.69, 9.17) is 9.15 Å². The van der Waals surface area contributed by atoms with E-state index < -0.39 is 0 Å². The van der Waals surface area contributed by atoms with Gasteiger partial charge in [-0.05, 0) is 29.3 Å². The molecule has 1 aliphatic heterocycles. The van der Waals surface area contributed by atoms with E-state index in [9.17, 15) is 4.79 Å². The van der Waals surface area contributed by atoms with E-state index in [1.165, 1.54) is 17.1 Å². The summed E-state index contributed by atoms with van der Waals surface area (Å²) in [4.78, 5) is 13.4. The van der Waals surface area contributed by atoms with E-state index in [2.05, 4.69) is 28.4 Å². The zero-order valence-electron chi connectivity index (χ0n) is 14.3. The van der Waals surface area contributed by atoms with Crippen LogP contribution in [0.1, 0.15) is 18.7 Å². The monoisotopic (exact) mass is 369 g/mol. The van der Waals surface area contributed by atoms with Crippen LogP contribution in [0.15, 0.2) is 52.1 Å². The molecule has 1 aliphatic rings. The van der Waals surface area contributed by atoms with Gasteiger partial charge < -0.3 is 14.1 Å². The van der Waals surface area contributed by atoms with E-state index in [-0.39, 0.29) is 5.91 Å². The summed E-state index contributed by atoms with van der Waals surface area (Å²) in [5.41, 5.74) is 0. The second-order valence-corrected chi connectivity index (χ2v) is 7.13. The molecule has 0 atom stereocenters. The molecule has 26 heavy (non-hydrogen) atoms. The van der Waals surface area contributed by atoms with Crippen molar-refractivity contribution < 1.29 is 13.9 Å². The molecule has 0 spiro atoms. The van der Waals surface area contributed by atoms with Gasteiger partial charge >= 0.3 is 0 Å². The van der Waals surface area contributed by atoms with Crippen molar-refractivity contribution in [3.63, 3.8) is 0 Å². The molecule has 134 valence electrons. The van der Waals surface area contributed by atoms with Crippen LogP contribution in [0.2, 0.25) is 0 Å². The number of fused-ring (bicyclic) bond motifs is 1. The number of amides is 1. The zero-order chi connectivity index (χ0) is 17.8. The Balaban J connectivity index is 1.25. The molecular formula is C19H19N3O3S. The Kier molecular flexibility index (Phi) is 5.06. The van der Waals surface area contributed by atoms with Gasteiger partial charge in [0.25, 0.3) is 5.22 Å². The number of benzene rings is 2. The molecule has 1 amide bonds. The highest BCUT2D eigenvalue weighted by molar-refractivity contribution is 7.99. The quantitative estimate of drug-likeness (QED) is 0.469. The Morgan fingerprint density at radius 3 is 2.88 bits per heavy atom. The molecule has 0 saturated carbocycles. The summed E-state index contributed by atoms with van der Waals surface area (Å²) in [5, 5.41) is 10.9. The summed E-state index contributed by atoms with van der Waals surface area (Å²) in [6.45, 7) is 1.72. The number of hydrogen-bond donors (Lipinski definition) is 0. The first-order valence-electron chi connectivity index (χ1n) is 8.62. The average Bonchev–Trinajstić information content (AvgIpc) is 3.28. The first-order valence-corrected chi connectivity index (χ1v) is 9.61. The second kappa shape index (κ2) is 7.78. The third-order valence-electron chi connectivity index (χ3n) is 4.24. The van der Waals surface area contributed by atoms with Crippen LogP contribution in [0.5, 0.6) is 5.75 Å². The van der Waals surface area contributed by atoms with Gasteiger partial charge in [-0.25, -0.2) is 0 Å². The first kappa shape index (κ1) is 16.9. The summed E-state index contributed by atoms with van der Waals surface area (Å²) in [6.07, 6.45) is 1.52. The fourth-order valence-electron chi connectivity index (χ4n) is 2.94. The molecule has 4 rings (SSSR count). The molecule has 7 heteroatoms. The number of hydrogen-bond acceptors (Lipinski definition) is 6. The number of carbonyl (C=O) groups excluding carboxylic acids is 1. The van der Waals surface area contributed by atoms with Crippen molar-refractivity contribution in [3.05, 3.63) is 48.4 Å². The lowest BCUT2D eigenvalue weighted by molar-refractivity contribution is -0.128. The van der Waals surface area contributed by atoms with Gasteiger partial charge in [0, 0.05) is 18.7 Å². The van der Waals surface area contributed by atoms with Crippen molar-refractivity contribution in [1.29, 1.82) is 0 Å². The van der Waals surface area contributed by atoms with Crippen LogP contribution >= 0.6 is 11.8 Å². The smallest absolute Gasteiger partial charge is 0.276 e. The molecule has 1 saturated heterocycles. The minimum absolute atomic E-state index is 0.154. The molecular weight excluding hydrogens is 350 g/mol. The van der Waals surface area contributed by atoms with Crippen LogP contribution in [0.25, 0.3) is 10.8 Å². The Bertz CT molecular complexity index is 912. The fourth-order valence-corrected chi connectivity index (χ4v) is 3.54. The van der Waals surface area contributed by atoms with E-state index in [1.807, 2.05) is 24.3 Å². The van der Waals surface area contributed by atoms with Gasteiger partial charge in [0.05, 0.1) is 13.2 Å². The number of ether oxygens (including phenoxy) is 1. The van der Waals surface area contributed by atoms with E-state index in [0.717, 1.165) is 24.1 Å². The van der Waals surface area contributed by atoms with Crippen molar-refractivity contribution in [2.45, 2.75) is 24.6 Å². The molecule has 1 fully saturated rings. The van der Waals surface area contributed by atoms with Gasteiger partial charge in [0.2, 0.25) is 11.8 Å². The Labute approximate surface area is 155 Å². The Morgan fingerprint density at radius 1 is 1.15 bits per heavy atom. The van der Waals surface area contributed by atoms with Gasteiger partial charge in [-0.1, -0.05) is 42.1 Å². The van der Waals surface area contributed by atoms with Crippen LogP contribution in [0.3, 0.4) is 0 Å². The SMILES string of the molecule is O=C1CCCN1Cc1nnc(SCCOc2ccc3ccccc3c2)o1. The minimum Gasteiger partial charge on any atom is -0.493 e. The minimum atomic E-state index is 0.154. The number of aromatic nitrogens is 2. The highest BCUT2D eigenvalue weighted by atomic mass is 32.2. The van der Waals surface area contributed by atoms with Crippen molar-refractivity contribution in [3.8, 4) is 5.75 Å². The summed E-state index contributed by atoms with van der Waals surface area (Å²) >= 11 is 1.45. The Morgan fingerprint density at radius 2 is 2.04 bits per heavy atom. The number of nitrogens with zero attached hydrogens (tertiary/aromatic N) is 3. The predicted octanol–water partition coefficient (Wildman–Crippen LogP) is 3.52. The lowest BCUT2D eigenvalue weighted by atomic mass is 10.1. The van der Waals surface area contributed by atoms with E-state index >= 15 is 0 Å². The summed E-state index contributed by atoms with van der Waals surface area (Å²) in [6, 6.07) is 14.3. The topological polar surface area (TPSA) is 68.5 Å². The highest BCUT2D eigenvalue weighted by Gasteiger charge is 2.22. The van der Waals surface area contributed by atoms with Crippen LogP contribution in [0.4, 0.5) is 0 Å². The second-order valence-electron chi connectivity index (χ2n) is 6.09. The van der Waals surface area contributed by atoms with Gasteiger partial charge in [-0.2, -0.15) is 0 Å². The summed E-state index contributed by atoms with van der Waals surface area (Å²) < 4.78 is 11.4. The maximum absolute atomic E-state index is 11.6. The summed E-state index contributed by atoms with van der Waals surface area (Å²) in [5.74, 6) is 2.19. The van der Waals surface area contributed by atoms with Crippen molar-refractivity contribution >= 4 is 28.4 Å². The standard InChI is InChI=1S/C19H19N3O3S/c23-18-6-3-9-22(18)13-17-20-21-19(25-17)26-11-10-24-16-8-7-14-4-1-2-5-15(14)12-16/h1-2,4-5,7-8,12H,3,6,9-11,13H2. The molecule has 0 aliphatic carbocycles. The number of thioether (sulfide) groups is 1. The molecule has 0 N–H and O–H groups in total. The maximum Gasteiger partial charge on any atom is 0.276 e. The van der Waals surface area contributed by atoms with Gasteiger partial charge in [-0.3, -0.25) is 4.79 Å². The van der Waals surface area contributed by atoms with E-state index in [1.54, 1.807) is 4.90 Å². The van der Waals surface area contributed by atoms with Crippen LogP contribution in [-0.4, -0.2) is 39.9 Å². The third-order valence-corrected chi connectivity index (χ3v) is 5.03. The van der Waals surface area contributed by atoms with Crippen molar-refractivity contribution in [2.24, 2.45) is 0 Å². The van der Waals surface area contributed by atoms with Crippen molar-refractivity contribution in [2.75, 3.05) is 18.9 Å². The average molecular weight is 369 g/mol. The number of likely N-dealkylation sites (tertiary alicyclic amines) is 1.